The average molecular weight is 295 g/mol. The molecule has 0 unspecified atom stereocenters. The van der Waals surface area contributed by atoms with Gasteiger partial charge in [0.25, 0.3) is 5.56 Å². The molecule has 2 N–H and O–H groups in total. The van der Waals surface area contributed by atoms with Gasteiger partial charge < -0.3 is 14.8 Å². The van der Waals surface area contributed by atoms with E-state index in [1.165, 1.54) is 28.8 Å². The third kappa shape index (κ3) is 2.22. The maximum absolute atomic E-state index is 12.4. The van der Waals surface area contributed by atoms with Crippen molar-refractivity contribution in [3.8, 4) is 17.0 Å². The predicted molar refractivity (Wildman–Crippen MR) is 83.2 cm³/mol. The van der Waals surface area contributed by atoms with Crippen LogP contribution in [0, 0.1) is 0 Å². The molecule has 22 heavy (non-hydrogen) atoms. The zero-order valence-corrected chi connectivity index (χ0v) is 11.8. The Morgan fingerprint density at radius 2 is 1.73 bits per heavy atom. The Morgan fingerprint density at radius 3 is 2.36 bits per heavy atom. The van der Waals surface area contributed by atoms with E-state index in [2.05, 4.69) is 0 Å². The van der Waals surface area contributed by atoms with Gasteiger partial charge in [-0.1, -0.05) is 18.2 Å². The monoisotopic (exact) mass is 295 g/mol. The van der Waals surface area contributed by atoms with Crippen LogP contribution >= 0.6 is 0 Å². The van der Waals surface area contributed by atoms with E-state index in [1.54, 1.807) is 25.2 Å². The van der Waals surface area contributed by atoms with Crippen LogP contribution in [0.3, 0.4) is 0 Å². The molecule has 0 spiro atoms. The minimum Gasteiger partial charge on any atom is -0.508 e. The summed E-state index contributed by atoms with van der Waals surface area (Å²) in [7, 11) is 1.65. The summed E-state index contributed by atoms with van der Waals surface area (Å²) in [6, 6.07) is 12.8. The summed E-state index contributed by atoms with van der Waals surface area (Å²) < 4.78 is 1.48. The molecule has 1 aromatic heterocycles. The number of carboxylic acids is 1. The van der Waals surface area contributed by atoms with Gasteiger partial charge in [0.1, 0.15) is 5.75 Å². The van der Waals surface area contributed by atoms with E-state index in [0.717, 1.165) is 10.9 Å². The van der Waals surface area contributed by atoms with Crippen molar-refractivity contribution >= 4 is 16.7 Å². The van der Waals surface area contributed by atoms with Crippen molar-refractivity contribution in [3.05, 3.63) is 64.4 Å². The fourth-order valence-corrected chi connectivity index (χ4v) is 2.45. The Morgan fingerprint density at radius 1 is 1.05 bits per heavy atom. The summed E-state index contributed by atoms with van der Waals surface area (Å²) in [5.74, 6) is -0.947. The smallest absolute Gasteiger partial charge is 0.335 e. The van der Waals surface area contributed by atoms with Crippen molar-refractivity contribution in [1.29, 1.82) is 0 Å². The van der Waals surface area contributed by atoms with E-state index in [1.807, 2.05) is 6.07 Å². The summed E-state index contributed by atoms with van der Waals surface area (Å²) >= 11 is 0. The molecular weight excluding hydrogens is 282 g/mol. The molecule has 0 aliphatic heterocycles. The molecule has 5 heteroatoms. The highest BCUT2D eigenvalue weighted by molar-refractivity contribution is 5.89. The van der Waals surface area contributed by atoms with Crippen LogP contribution in [0.15, 0.2) is 53.3 Å². The van der Waals surface area contributed by atoms with Crippen LogP contribution in [-0.2, 0) is 7.05 Å². The summed E-state index contributed by atoms with van der Waals surface area (Å²) in [4.78, 5) is 23.3. The SMILES string of the molecule is Cn1c(-c2ccc(C(=O)O)cc2)cc2ccc(O)cc2c1=O. The Kier molecular flexibility index (Phi) is 3.18. The highest BCUT2D eigenvalue weighted by atomic mass is 16.4. The van der Waals surface area contributed by atoms with Crippen LogP contribution in [0.2, 0.25) is 0 Å². The van der Waals surface area contributed by atoms with Crippen molar-refractivity contribution in [1.82, 2.24) is 4.57 Å². The van der Waals surface area contributed by atoms with Gasteiger partial charge in [0.05, 0.1) is 16.6 Å². The third-order valence-corrected chi connectivity index (χ3v) is 3.65. The van der Waals surface area contributed by atoms with Crippen molar-refractivity contribution in [2.75, 3.05) is 0 Å². The van der Waals surface area contributed by atoms with Gasteiger partial charge in [0.2, 0.25) is 0 Å². The van der Waals surface area contributed by atoms with Crippen LogP contribution in [0.5, 0.6) is 5.75 Å². The first-order valence-electron chi connectivity index (χ1n) is 6.64. The maximum Gasteiger partial charge on any atom is 0.335 e. The van der Waals surface area contributed by atoms with E-state index in [0.29, 0.717) is 11.1 Å². The van der Waals surface area contributed by atoms with Gasteiger partial charge in [-0.25, -0.2) is 4.79 Å². The van der Waals surface area contributed by atoms with Gasteiger partial charge >= 0.3 is 5.97 Å². The molecule has 0 aliphatic carbocycles. The van der Waals surface area contributed by atoms with Gasteiger partial charge in [-0.2, -0.15) is 0 Å². The number of hydrogen-bond acceptors (Lipinski definition) is 3. The largest absolute Gasteiger partial charge is 0.508 e. The lowest BCUT2D eigenvalue weighted by atomic mass is 10.0. The molecule has 0 aliphatic rings. The highest BCUT2D eigenvalue weighted by Crippen LogP contribution is 2.24. The van der Waals surface area contributed by atoms with E-state index in [-0.39, 0.29) is 16.9 Å². The first-order valence-corrected chi connectivity index (χ1v) is 6.64. The number of nitrogens with zero attached hydrogens (tertiary/aromatic N) is 1. The van der Waals surface area contributed by atoms with Gasteiger partial charge in [-0.05, 0) is 41.3 Å². The number of carboxylic acid groups (broad SMARTS) is 1. The standard InChI is InChI=1S/C17H13NO4/c1-18-15(10-2-4-11(5-3-10)17(21)22)8-12-6-7-13(19)9-14(12)16(18)20/h2-9,19H,1H3,(H,21,22). The number of pyridine rings is 1. The Hall–Kier alpha value is -3.08. The minimum atomic E-state index is -0.991. The molecule has 110 valence electrons. The van der Waals surface area contributed by atoms with Crippen molar-refractivity contribution in [2.24, 2.45) is 7.05 Å². The summed E-state index contributed by atoms with van der Waals surface area (Å²) in [6.07, 6.45) is 0. The third-order valence-electron chi connectivity index (χ3n) is 3.65. The number of fused-ring (bicyclic) bond motifs is 1. The number of rotatable bonds is 2. The molecule has 2 aromatic carbocycles. The lowest BCUT2D eigenvalue weighted by Gasteiger charge is -2.11. The maximum atomic E-state index is 12.4. The Bertz CT molecular complexity index is 939. The first kappa shape index (κ1) is 13.9. The molecule has 0 radical (unpaired) electrons. The minimum absolute atomic E-state index is 0.0446. The number of aromatic carboxylic acids is 1. The second-order valence-electron chi connectivity index (χ2n) is 5.05. The number of phenols is 1. The van der Waals surface area contributed by atoms with Crippen LogP contribution in [0.4, 0.5) is 0 Å². The normalized spacial score (nSPS) is 10.8. The van der Waals surface area contributed by atoms with Crippen molar-refractivity contribution in [3.63, 3.8) is 0 Å². The van der Waals surface area contributed by atoms with Gasteiger partial charge in [-0.15, -0.1) is 0 Å². The molecule has 3 rings (SSSR count). The summed E-state index contributed by atoms with van der Waals surface area (Å²) in [5.41, 5.74) is 1.41. The zero-order chi connectivity index (χ0) is 15.9. The van der Waals surface area contributed by atoms with Crippen LogP contribution in [-0.4, -0.2) is 20.7 Å². The molecule has 0 saturated carbocycles. The molecule has 3 aromatic rings. The number of aromatic nitrogens is 1. The van der Waals surface area contributed by atoms with Crippen LogP contribution in [0.25, 0.3) is 22.0 Å². The van der Waals surface area contributed by atoms with Crippen LogP contribution in [0.1, 0.15) is 10.4 Å². The fourth-order valence-electron chi connectivity index (χ4n) is 2.45. The van der Waals surface area contributed by atoms with Gasteiger partial charge in [0, 0.05) is 7.05 Å². The van der Waals surface area contributed by atoms with E-state index >= 15 is 0 Å². The average Bonchev–Trinajstić information content (AvgIpc) is 2.51. The molecule has 0 saturated heterocycles. The second kappa shape index (κ2) is 5.04. The number of aromatic hydroxyl groups is 1. The number of phenolic OH excluding ortho intramolecular Hbond substituents is 1. The van der Waals surface area contributed by atoms with E-state index in [4.69, 9.17) is 5.11 Å². The van der Waals surface area contributed by atoms with Crippen molar-refractivity contribution in [2.45, 2.75) is 0 Å². The Balaban J connectivity index is 2.23. The molecule has 0 bridgehead atoms. The summed E-state index contributed by atoms with van der Waals surface area (Å²) in [6.45, 7) is 0. The number of hydrogen-bond donors (Lipinski definition) is 2. The lowest BCUT2D eigenvalue weighted by molar-refractivity contribution is 0.0697. The van der Waals surface area contributed by atoms with E-state index < -0.39 is 5.97 Å². The van der Waals surface area contributed by atoms with Gasteiger partial charge in [0.15, 0.2) is 0 Å². The van der Waals surface area contributed by atoms with Crippen molar-refractivity contribution < 1.29 is 15.0 Å². The Labute approximate surface area is 125 Å². The fraction of sp³-hybridized carbons (Fsp3) is 0.0588. The second-order valence-corrected chi connectivity index (χ2v) is 5.05. The summed E-state index contributed by atoms with van der Waals surface area (Å²) in [5, 5.41) is 19.6. The molecule has 5 nitrogen and oxygen atoms in total. The molecule has 0 amide bonds. The molecule has 0 atom stereocenters. The first-order chi connectivity index (χ1) is 10.5. The topological polar surface area (TPSA) is 79.5 Å². The zero-order valence-electron chi connectivity index (χ0n) is 11.8. The van der Waals surface area contributed by atoms with E-state index in [9.17, 15) is 14.7 Å². The molecule has 1 heterocycles. The van der Waals surface area contributed by atoms with Gasteiger partial charge in [-0.3, -0.25) is 4.79 Å². The molecular formula is C17H13NO4. The predicted octanol–water partition coefficient (Wildman–Crippen LogP) is 2.61. The van der Waals surface area contributed by atoms with Crippen LogP contribution < -0.4 is 5.56 Å². The quantitative estimate of drug-likeness (QED) is 0.761. The highest BCUT2D eigenvalue weighted by Gasteiger charge is 2.10. The number of benzene rings is 2. The number of carbonyl (C=O) groups is 1. The lowest BCUT2D eigenvalue weighted by Crippen LogP contribution is -2.18. The molecule has 0 fully saturated rings.